The van der Waals surface area contributed by atoms with Crippen molar-refractivity contribution in [2.24, 2.45) is 13.0 Å². The third-order valence-corrected chi connectivity index (χ3v) is 4.41. The first-order valence-corrected chi connectivity index (χ1v) is 8.08. The molecule has 20 heavy (non-hydrogen) atoms. The van der Waals surface area contributed by atoms with Gasteiger partial charge in [-0.15, -0.1) is 0 Å². The van der Waals surface area contributed by atoms with Crippen molar-refractivity contribution in [3.05, 3.63) is 18.0 Å². The van der Waals surface area contributed by atoms with Gasteiger partial charge >= 0.3 is 0 Å². The lowest BCUT2D eigenvalue weighted by Crippen LogP contribution is -2.34. The summed E-state index contributed by atoms with van der Waals surface area (Å²) in [5.74, 6) is 0.873. The molecule has 2 rings (SSSR count). The number of nitrogens with one attached hydrogen (secondary N) is 1. The Kier molecular flexibility index (Phi) is 6.05. The summed E-state index contributed by atoms with van der Waals surface area (Å²) in [6.45, 7) is 5.61. The predicted octanol–water partition coefficient (Wildman–Crippen LogP) is 2.41. The van der Waals surface area contributed by atoms with E-state index in [1.165, 1.54) is 50.8 Å². The highest BCUT2D eigenvalue weighted by molar-refractivity contribution is 5.02. The Morgan fingerprint density at radius 1 is 1.45 bits per heavy atom. The van der Waals surface area contributed by atoms with Gasteiger partial charge in [-0.2, -0.15) is 5.10 Å². The Labute approximate surface area is 123 Å². The fourth-order valence-electron chi connectivity index (χ4n) is 3.31. The lowest BCUT2D eigenvalue weighted by Gasteiger charge is -2.23. The van der Waals surface area contributed by atoms with E-state index >= 15 is 0 Å². The van der Waals surface area contributed by atoms with Crippen molar-refractivity contribution in [2.75, 3.05) is 20.1 Å². The monoisotopic (exact) mass is 278 g/mol. The van der Waals surface area contributed by atoms with Gasteiger partial charge in [-0.1, -0.05) is 13.3 Å². The Morgan fingerprint density at radius 3 is 3.00 bits per heavy atom. The van der Waals surface area contributed by atoms with Gasteiger partial charge < -0.3 is 10.2 Å². The lowest BCUT2D eigenvalue weighted by atomic mass is 9.99. The molecule has 1 fully saturated rings. The molecule has 0 radical (unpaired) electrons. The van der Waals surface area contributed by atoms with Crippen LogP contribution in [0.15, 0.2) is 12.4 Å². The normalized spacial score (nSPS) is 22.8. The molecule has 1 N–H and O–H groups in total. The SMILES string of the molecule is CCCNC1CCCC1CCN(C)Cc1cnn(C)c1. The summed E-state index contributed by atoms with van der Waals surface area (Å²) in [6, 6.07) is 0.766. The molecular formula is C16H30N4. The zero-order chi connectivity index (χ0) is 14.4. The summed E-state index contributed by atoms with van der Waals surface area (Å²) in [4.78, 5) is 2.42. The standard InChI is InChI=1S/C16H30N4/c1-4-9-17-16-7-5-6-15(16)8-10-19(2)12-14-11-18-20(3)13-14/h11,13,15-17H,4-10,12H2,1-3H3. The molecule has 114 valence electrons. The first-order chi connectivity index (χ1) is 9.69. The molecule has 1 aromatic rings. The van der Waals surface area contributed by atoms with E-state index < -0.39 is 0 Å². The number of aromatic nitrogens is 2. The van der Waals surface area contributed by atoms with Crippen molar-refractivity contribution in [1.29, 1.82) is 0 Å². The van der Waals surface area contributed by atoms with Crippen LogP contribution in [0.5, 0.6) is 0 Å². The molecule has 1 aliphatic rings. The Balaban J connectivity index is 1.70. The Bertz CT molecular complexity index is 388. The molecule has 1 aliphatic carbocycles. The van der Waals surface area contributed by atoms with Gasteiger partial charge in [-0.3, -0.25) is 4.68 Å². The van der Waals surface area contributed by atoms with Crippen LogP contribution in [0.25, 0.3) is 0 Å². The molecule has 0 aliphatic heterocycles. The third-order valence-electron chi connectivity index (χ3n) is 4.41. The molecular weight excluding hydrogens is 248 g/mol. The smallest absolute Gasteiger partial charge is 0.0534 e. The van der Waals surface area contributed by atoms with Crippen molar-refractivity contribution in [1.82, 2.24) is 20.0 Å². The van der Waals surface area contributed by atoms with Crippen molar-refractivity contribution in [3.8, 4) is 0 Å². The Hall–Kier alpha value is -0.870. The van der Waals surface area contributed by atoms with Crippen LogP contribution in [0.2, 0.25) is 0 Å². The first kappa shape index (κ1) is 15.5. The van der Waals surface area contributed by atoms with E-state index in [4.69, 9.17) is 0 Å². The highest BCUT2D eigenvalue weighted by Gasteiger charge is 2.26. The molecule has 0 saturated heterocycles. The van der Waals surface area contributed by atoms with E-state index in [1.54, 1.807) is 0 Å². The van der Waals surface area contributed by atoms with E-state index in [0.29, 0.717) is 0 Å². The molecule has 1 saturated carbocycles. The van der Waals surface area contributed by atoms with Gasteiger partial charge in [0.2, 0.25) is 0 Å². The summed E-state index contributed by atoms with van der Waals surface area (Å²) in [5.41, 5.74) is 1.31. The molecule has 0 spiro atoms. The summed E-state index contributed by atoms with van der Waals surface area (Å²) < 4.78 is 1.88. The van der Waals surface area contributed by atoms with Crippen molar-refractivity contribution >= 4 is 0 Å². The first-order valence-electron chi connectivity index (χ1n) is 8.08. The molecule has 2 unspecified atom stereocenters. The zero-order valence-corrected chi connectivity index (χ0v) is 13.3. The molecule has 1 aromatic heterocycles. The average molecular weight is 278 g/mol. The van der Waals surface area contributed by atoms with Crippen molar-refractivity contribution in [2.45, 2.75) is 51.6 Å². The quantitative estimate of drug-likeness (QED) is 0.793. The highest BCUT2D eigenvalue weighted by atomic mass is 15.2. The number of hydrogen-bond acceptors (Lipinski definition) is 3. The van der Waals surface area contributed by atoms with Crippen LogP contribution < -0.4 is 5.32 Å². The minimum absolute atomic E-state index is 0.766. The molecule has 0 aromatic carbocycles. The van der Waals surface area contributed by atoms with Gasteiger partial charge in [0.15, 0.2) is 0 Å². The molecule has 0 amide bonds. The summed E-state index contributed by atoms with van der Waals surface area (Å²) in [7, 11) is 4.20. The fourth-order valence-corrected chi connectivity index (χ4v) is 3.31. The molecule has 4 nitrogen and oxygen atoms in total. The second-order valence-corrected chi connectivity index (χ2v) is 6.30. The van der Waals surface area contributed by atoms with Crippen LogP contribution in [-0.2, 0) is 13.6 Å². The number of hydrogen-bond donors (Lipinski definition) is 1. The Morgan fingerprint density at radius 2 is 2.30 bits per heavy atom. The summed E-state index contributed by atoms with van der Waals surface area (Å²) in [5, 5.41) is 7.96. The summed E-state index contributed by atoms with van der Waals surface area (Å²) in [6.07, 6.45) is 10.8. The van der Waals surface area contributed by atoms with Gasteiger partial charge in [-0.05, 0) is 51.7 Å². The van der Waals surface area contributed by atoms with Crippen molar-refractivity contribution < 1.29 is 0 Å². The molecule has 4 heteroatoms. The third kappa shape index (κ3) is 4.60. The second-order valence-electron chi connectivity index (χ2n) is 6.30. The topological polar surface area (TPSA) is 33.1 Å². The number of rotatable bonds is 8. The van der Waals surface area contributed by atoms with Crippen LogP contribution >= 0.6 is 0 Å². The minimum Gasteiger partial charge on any atom is -0.314 e. The van der Waals surface area contributed by atoms with Gasteiger partial charge in [0, 0.05) is 31.4 Å². The van der Waals surface area contributed by atoms with Gasteiger partial charge in [0.1, 0.15) is 0 Å². The van der Waals surface area contributed by atoms with E-state index in [-0.39, 0.29) is 0 Å². The van der Waals surface area contributed by atoms with Crippen LogP contribution in [0, 0.1) is 5.92 Å². The van der Waals surface area contributed by atoms with Gasteiger partial charge in [0.25, 0.3) is 0 Å². The van der Waals surface area contributed by atoms with Crippen LogP contribution in [0.4, 0.5) is 0 Å². The van der Waals surface area contributed by atoms with Gasteiger partial charge in [0.05, 0.1) is 6.20 Å². The second kappa shape index (κ2) is 7.79. The zero-order valence-electron chi connectivity index (χ0n) is 13.3. The maximum absolute atomic E-state index is 4.23. The molecule has 0 bridgehead atoms. The predicted molar refractivity (Wildman–Crippen MR) is 83.6 cm³/mol. The fraction of sp³-hybridized carbons (Fsp3) is 0.812. The number of aryl methyl sites for hydroxylation is 1. The van der Waals surface area contributed by atoms with E-state index in [1.807, 2.05) is 17.9 Å². The van der Waals surface area contributed by atoms with E-state index in [0.717, 1.165) is 18.5 Å². The van der Waals surface area contributed by atoms with Crippen LogP contribution in [0.1, 0.15) is 44.6 Å². The van der Waals surface area contributed by atoms with Crippen molar-refractivity contribution in [3.63, 3.8) is 0 Å². The van der Waals surface area contributed by atoms with E-state index in [9.17, 15) is 0 Å². The maximum atomic E-state index is 4.23. The van der Waals surface area contributed by atoms with Gasteiger partial charge in [-0.25, -0.2) is 0 Å². The molecule has 1 heterocycles. The lowest BCUT2D eigenvalue weighted by molar-refractivity contribution is 0.275. The van der Waals surface area contributed by atoms with Crippen LogP contribution in [0.3, 0.4) is 0 Å². The highest BCUT2D eigenvalue weighted by Crippen LogP contribution is 2.28. The number of nitrogens with zero attached hydrogens (tertiary/aromatic N) is 3. The average Bonchev–Trinajstić information content (AvgIpc) is 3.03. The molecule has 2 atom stereocenters. The minimum atomic E-state index is 0.766. The summed E-state index contributed by atoms with van der Waals surface area (Å²) >= 11 is 0. The van der Waals surface area contributed by atoms with Crippen LogP contribution in [-0.4, -0.2) is 40.9 Å². The largest absolute Gasteiger partial charge is 0.314 e. The van der Waals surface area contributed by atoms with E-state index in [2.05, 4.69) is 35.5 Å². The maximum Gasteiger partial charge on any atom is 0.0534 e.